The number of benzene rings is 1. The summed E-state index contributed by atoms with van der Waals surface area (Å²) in [5.74, 6) is 1.56. The van der Waals surface area contributed by atoms with Gasteiger partial charge >= 0.3 is 0 Å². The predicted octanol–water partition coefficient (Wildman–Crippen LogP) is 3.30. The highest BCUT2D eigenvalue weighted by molar-refractivity contribution is 5.28. The van der Waals surface area contributed by atoms with Gasteiger partial charge in [0, 0.05) is 12.1 Å². The summed E-state index contributed by atoms with van der Waals surface area (Å²) in [6.45, 7) is 3.80. The van der Waals surface area contributed by atoms with Crippen LogP contribution >= 0.6 is 0 Å². The van der Waals surface area contributed by atoms with Gasteiger partial charge in [-0.1, -0.05) is 48.9 Å². The van der Waals surface area contributed by atoms with E-state index in [1.807, 2.05) is 30.3 Å². The molecule has 2 fully saturated rings. The summed E-state index contributed by atoms with van der Waals surface area (Å²) < 4.78 is 5.68. The van der Waals surface area contributed by atoms with E-state index in [-0.39, 0.29) is 5.54 Å². The number of hydrogen-bond acceptors (Lipinski definition) is 3. The Morgan fingerprint density at radius 1 is 1.36 bits per heavy atom. The number of ether oxygens (including phenoxy) is 1. The number of fused-ring (bicyclic) bond motifs is 1. The van der Waals surface area contributed by atoms with Gasteiger partial charge in [-0.05, 0) is 43.1 Å². The third kappa shape index (κ3) is 2.62. The molecule has 4 rings (SSSR count). The van der Waals surface area contributed by atoms with Crippen molar-refractivity contribution in [1.82, 2.24) is 4.90 Å². The van der Waals surface area contributed by atoms with Gasteiger partial charge in [0.1, 0.15) is 0 Å². The van der Waals surface area contributed by atoms with Gasteiger partial charge in [-0.2, -0.15) is 0 Å². The van der Waals surface area contributed by atoms with E-state index >= 15 is 0 Å². The fourth-order valence-corrected chi connectivity index (χ4v) is 4.36. The van der Waals surface area contributed by atoms with Crippen LogP contribution in [0.5, 0.6) is 0 Å². The van der Waals surface area contributed by atoms with Gasteiger partial charge < -0.3 is 9.84 Å². The van der Waals surface area contributed by atoms with Gasteiger partial charge in [0.15, 0.2) is 0 Å². The molecule has 1 aromatic rings. The van der Waals surface area contributed by atoms with Gasteiger partial charge in [-0.15, -0.1) is 0 Å². The summed E-state index contributed by atoms with van der Waals surface area (Å²) in [6, 6.07) is 10.1. The number of nitrogens with zero attached hydrogens (tertiary/aromatic N) is 1. The van der Waals surface area contributed by atoms with Crippen molar-refractivity contribution in [2.24, 2.45) is 11.8 Å². The van der Waals surface area contributed by atoms with E-state index in [4.69, 9.17) is 4.74 Å². The lowest BCUT2D eigenvalue weighted by molar-refractivity contribution is -0.173. The van der Waals surface area contributed by atoms with Gasteiger partial charge in [0.2, 0.25) is 6.41 Å². The summed E-state index contributed by atoms with van der Waals surface area (Å²) in [6.07, 6.45) is 6.59. The number of rotatable bonds is 4. The van der Waals surface area contributed by atoms with Gasteiger partial charge in [-0.25, -0.2) is 4.90 Å². The highest BCUT2D eigenvalue weighted by Crippen LogP contribution is 2.55. The zero-order valence-corrected chi connectivity index (χ0v) is 13.2. The molecule has 0 aromatic heterocycles. The molecule has 0 radical (unpaired) electrons. The minimum Gasteiger partial charge on any atom is -0.356 e. The summed E-state index contributed by atoms with van der Waals surface area (Å²) in [5, 5.41) is 10.3. The first-order chi connectivity index (χ1) is 10.7. The normalized spacial score (nSPS) is 37.7. The first-order valence-electron chi connectivity index (χ1n) is 8.46. The molecule has 1 heterocycles. The zero-order chi connectivity index (χ0) is 15.2. The van der Waals surface area contributed by atoms with Crippen molar-refractivity contribution in [2.45, 2.75) is 51.2 Å². The van der Waals surface area contributed by atoms with Crippen LogP contribution < -0.4 is 0 Å². The van der Waals surface area contributed by atoms with E-state index in [0.29, 0.717) is 6.61 Å². The maximum Gasteiger partial charge on any atom is 0.217 e. The SMILES string of the molecule is C[C@@H]1CC=C2CC3(CC2C1)CN3[C@H](O)OCc1ccccc1. The molecule has 22 heavy (non-hydrogen) atoms. The summed E-state index contributed by atoms with van der Waals surface area (Å²) in [7, 11) is 0. The molecule has 0 bridgehead atoms. The first-order valence-corrected chi connectivity index (χ1v) is 8.46. The molecule has 1 aliphatic heterocycles. The van der Waals surface area contributed by atoms with Gasteiger partial charge in [0.25, 0.3) is 0 Å². The molecule has 1 aromatic carbocycles. The van der Waals surface area contributed by atoms with Crippen molar-refractivity contribution in [3.8, 4) is 0 Å². The van der Waals surface area contributed by atoms with Gasteiger partial charge in [0.05, 0.1) is 6.61 Å². The molecule has 3 unspecified atom stereocenters. The van der Waals surface area contributed by atoms with E-state index in [1.165, 1.54) is 19.3 Å². The van der Waals surface area contributed by atoms with E-state index in [0.717, 1.165) is 30.4 Å². The lowest BCUT2D eigenvalue weighted by Gasteiger charge is -2.22. The van der Waals surface area contributed by atoms with Crippen molar-refractivity contribution in [3.05, 3.63) is 47.5 Å². The van der Waals surface area contributed by atoms with Crippen LogP contribution in [-0.2, 0) is 11.3 Å². The molecule has 2 aliphatic carbocycles. The quantitative estimate of drug-likeness (QED) is 0.526. The maximum absolute atomic E-state index is 10.3. The van der Waals surface area contributed by atoms with Crippen molar-refractivity contribution in [1.29, 1.82) is 0 Å². The Morgan fingerprint density at radius 3 is 3.00 bits per heavy atom. The Labute approximate surface area is 132 Å². The first kappa shape index (κ1) is 14.4. The van der Waals surface area contributed by atoms with Crippen LogP contribution in [0.1, 0.15) is 38.2 Å². The van der Waals surface area contributed by atoms with Crippen LogP contribution in [0.2, 0.25) is 0 Å². The predicted molar refractivity (Wildman–Crippen MR) is 85.9 cm³/mol. The minimum absolute atomic E-state index is 0.191. The van der Waals surface area contributed by atoms with Crippen LogP contribution in [0.3, 0.4) is 0 Å². The number of hydrogen-bond donors (Lipinski definition) is 1. The second-order valence-corrected chi connectivity index (χ2v) is 7.41. The molecule has 3 heteroatoms. The molecule has 1 N–H and O–H groups in total. The average Bonchev–Trinajstić information content (AvgIpc) is 3.09. The molecule has 1 saturated carbocycles. The molecule has 1 saturated heterocycles. The molecular weight excluding hydrogens is 274 g/mol. The largest absolute Gasteiger partial charge is 0.356 e. The van der Waals surface area contributed by atoms with E-state index in [9.17, 15) is 5.11 Å². The molecule has 118 valence electrons. The average molecular weight is 299 g/mol. The Bertz CT molecular complexity index is 570. The summed E-state index contributed by atoms with van der Waals surface area (Å²) >= 11 is 0. The molecule has 5 atom stereocenters. The highest BCUT2D eigenvalue weighted by atomic mass is 16.6. The Kier molecular flexibility index (Phi) is 3.60. The molecule has 3 aliphatic rings. The van der Waals surface area contributed by atoms with E-state index in [2.05, 4.69) is 17.9 Å². The van der Waals surface area contributed by atoms with E-state index < -0.39 is 6.41 Å². The van der Waals surface area contributed by atoms with Crippen molar-refractivity contribution < 1.29 is 9.84 Å². The smallest absolute Gasteiger partial charge is 0.217 e. The van der Waals surface area contributed by atoms with Gasteiger partial charge in [-0.3, -0.25) is 0 Å². The summed E-state index contributed by atoms with van der Waals surface area (Å²) in [5.41, 5.74) is 2.93. The number of aliphatic hydroxyl groups is 1. The second-order valence-electron chi connectivity index (χ2n) is 7.41. The molecular formula is C19H25NO2. The van der Waals surface area contributed by atoms with Crippen LogP contribution in [0, 0.1) is 11.8 Å². The highest BCUT2D eigenvalue weighted by Gasteiger charge is 2.60. The van der Waals surface area contributed by atoms with Crippen molar-refractivity contribution in [2.75, 3.05) is 6.54 Å². The third-order valence-electron chi connectivity index (χ3n) is 5.63. The molecule has 1 spiro atoms. The lowest BCUT2D eigenvalue weighted by atomic mass is 9.84. The Balaban J connectivity index is 1.34. The zero-order valence-electron chi connectivity index (χ0n) is 13.2. The van der Waals surface area contributed by atoms with Crippen LogP contribution in [0.15, 0.2) is 42.0 Å². The van der Waals surface area contributed by atoms with Crippen LogP contribution in [0.25, 0.3) is 0 Å². The van der Waals surface area contributed by atoms with Crippen LogP contribution in [0.4, 0.5) is 0 Å². The van der Waals surface area contributed by atoms with E-state index in [1.54, 1.807) is 5.57 Å². The topological polar surface area (TPSA) is 32.5 Å². The monoisotopic (exact) mass is 299 g/mol. The fraction of sp³-hybridized carbons (Fsp3) is 0.579. The lowest BCUT2D eigenvalue weighted by Crippen LogP contribution is -2.28. The standard InChI is InChI=1S/C19H25NO2/c1-14-7-8-16-10-19(11-17(16)9-14)13-20(19)18(21)22-12-15-5-3-2-4-6-15/h2-6,8,14,17-18,21H,7,9-13H2,1H3/t14-,17?,18-,19?,20?/m1/s1. The fourth-order valence-electron chi connectivity index (χ4n) is 4.36. The maximum atomic E-state index is 10.3. The second kappa shape index (κ2) is 5.48. The minimum atomic E-state index is -0.765. The Hall–Kier alpha value is -1.16. The summed E-state index contributed by atoms with van der Waals surface area (Å²) in [4.78, 5) is 2.14. The van der Waals surface area contributed by atoms with Crippen molar-refractivity contribution in [3.63, 3.8) is 0 Å². The number of aliphatic hydroxyl groups excluding tert-OH is 1. The number of allylic oxidation sites excluding steroid dienone is 1. The van der Waals surface area contributed by atoms with Crippen molar-refractivity contribution >= 4 is 0 Å². The molecule has 0 amide bonds. The third-order valence-corrected chi connectivity index (χ3v) is 5.63. The Morgan fingerprint density at radius 2 is 2.18 bits per heavy atom. The van der Waals surface area contributed by atoms with Crippen LogP contribution in [-0.4, -0.2) is 28.5 Å². The molecule has 3 nitrogen and oxygen atoms in total.